The van der Waals surface area contributed by atoms with Crippen LogP contribution in [0.5, 0.6) is 5.75 Å². The van der Waals surface area contributed by atoms with E-state index in [-0.39, 0.29) is 12.0 Å². The lowest BCUT2D eigenvalue weighted by Gasteiger charge is -2.22. The van der Waals surface area contributed by atoms with Gasteiger partial charge in [0.1, 0.15) is 16.8 Å². The van der Waals surface area contributed by atoms with Crippen LogP contribution in [0.3, 0.4) is 0 Å². The molecule has 1 aromatic carbocycles. The van der Waals surface area contributed by atoms with Crippen LogP contribution in [-0.4, -0.2) is 24.6 Å². The molecule has 2 rings (SSSR count). The number of carbonyl (C=O) groups excluding carboxylic acids is 2. The molecule has 1 aromatic heterocycles. The zero-order valence-corrected chi connectivity index (χ0v) is 16.6. The van der Waals surface area contributed by atoms with Crippen LogP contribution in [-0.2, 0) is 19.7 Å². The van der Waals surface area contributed by atoms with Crippen molar-refractivity contribution in [1.82, 2.24) is 0 Å². The van der Waals surface area contributed by atoms with Crippen LogP contribution in [0.4, 0.5) is 5.00 Å². The van der Waals surface area contributed by atoms with Gasteiger partial charge in [-0.25, -0.2) is 4.79 Å². The van der Waals surface area contributed by atoms with Crippen molar-refractivity contribution in [3.05, 3.63) is 46.8 Å². The standard InChI is InChI=1S/C20H22N2O4S/c1-13(18(24)22-19-14(11-21)9-10-27-19)26-17(23)12-25-16-8-6-5-7-15(16)20(2,3)4/h5-10,13H,12H2,1-4H3,(H,22,24)/t13-/m0/s1. The molecule has 0 unspecified atom stereocenters. The molecule has 0 aliphatic heterocycles. The summed E-state index contributed by atoms with van der Waals surface area (Å²) in [5, 5.41) is 13.7. The van der Waals surface area contributed by atoms with Crippen LogP contribution >= 0.6 is 11.3 Å². The lowest BCUT2D eigenvalue weighted by molar-refractivity contribution is -0.155. The highest BCUT2D eigenvalue weighted by Crippen LogP contribution is 2.30. The molecule has 1 N–H and O–H groups in total. The maximum absolute atomic E-state index is 12.1. The minimum Gasteiger partial charge on any atom is -0.482 e. The summed E-state index contributed by atoms with van der Waals surface area (Å²) < 4.78 is 10.7. The van der Waals surface area contributed by atoms with E-state index in [9.17, 15) is 9.59 Å². The summed E-state index contributed by atoms with van der Waals surface area (Å²) in [7, 11) is 0. The minimum atomic E-state index is -1.01. The van der Waals surface area contributed by atoms with E-state index in [0.29, 0.717) is 16.3 Å². The predicted octanol–water partition coefficient (Wildman–Crippen LogP) is 3.87. The monoisotopic (exact) mass is 386 g/mol. The normalized spacial score (nSPS) is 12.0. The van der Waals surface area contributed by atoms with Gasteiger partial charge in [0.2, 0.25) is 0 Å². The number of nitriles is 1. The van der Waals surface area contributed by atoms with Crippen molar-refractivity contribution in [3.63, 3.8) is 0 Å². The molecule has 2 aromatic rings. The Hall–Kier alpha value is -2.85. The first kappa shape index (κ1) is 20.5. The number of benzene rings is 1. The van der Waals surface area contributed by atoms with Crippen molar-refractivity contribution in [3.8, 4) is 11.8 Å². The molecule has 0 aliphatic rings. The number of nitrogens with one attached hydrogen (secondary N) is 1. The maximum atomic E-state index is 12.1. The van der Waals surface area contributed by atoms with Gasteiger partial charge in [-0.2, -0.15) is 5.26 Å². The molecule has 0 fully saturated rings. The van der Waals surface area contributed by atoms with E-state index >= 15 is 0 Å². The Bertz CT molecular complexity index is 861. The molecule has 0 saturated heterocycles. The summed E-state index contributed by atoms with van der Waals surface area (Å²) in [6.45, 7) is 7.34. The van der Waals surface area contributed by atoms with Crippen molar-refractivity contribution in [2.75, 3.05) is 11.9 Å². The molecular formula is C20H22N2O4S. The number of para-hydroxylation sites is 1. The zero-order valence-electron chi connectivity index (χ0n) is 15.7. The molecule has 0 radical (unpaired) electrons. The highest BCUT2D eigenvalue weighted by molar-refractivity contribution is 7.14. The van der Waals surface area contributed by atoms with Gasteiger partial charge < -0.3 is 14.8 Å². The van der Waals surface area contributed by atoms with Crippen LogP contribution in [0.15, 0.2) is 35.7 Å². The SMILES string of the molecule is C[C@H](OC(=O)COc1ccccc1C(C)(C)C)C(=O)Nc1sccc1C#N. The van der Waals surface area contributed by atoms with E-state index in [1.54, 1.807) is 17.5 Å². The van der Waals surface area contributed by atoms with E-state index < -0.39 is 18.0 Å². The fourth-order valence-corrected chi connectivity index (χ4v) is 3.08. The summed E-state index contributed by atoms with van der Waals surface area (Å²) in [6, 6.07) is 11.1. The molecule has 27 heavy (non-hydrogen) atoms. The molecular weight excluding hydrogens is 364 g/mol. The van der Waals surface area contributed by atoms with E-state index in [2.05, 4.69) is 26.1 Å². The second-order valence-corrected chi connectivity index (χ2v) is 7.85. The van der Waals surface area contributed by atoms with Gasteiger partial charge in [0.15, 0.2) is 12.7 Å². The first-order valence-electron chi connectivity index (χ1n) is 8.42. The van der Waals surface area contributed by atoms with Gasteiger partial charge in [0.25, 0.3) is 5.91 Å². The first-order valence-corrected chi connectivity index (χ1v) is 9.30. The molecule has 1 amide bonds. The number of hydrogen-bond acceptors (Lipinski definition) is 6. The smallest absolute Gasteiger partial charge is 0.344 e. The van der Waals surface area contributed by atoms with Crippen LogP contribution in [0.25, 0.3) is 0 Å². The molecule has 1 heterocycles. The number of rotatable bonds is 6. The van der Waals surface area contributed by atoms with Gasteiger partial charge >= 0.3 is 5.97 Å². The number of carbonyl (C=O) groups is 2. The quantitative estimate of drug-likeness (QED) is 0.762. The number of ether oxygens (including phenoxy) is 2. The van der Waals surface area contributed by atoms with Crippen molar-refractivity contribution >= 4 is 28.2 Å². The van der Waals surface area contributed by atoms with Crippen LogP contribution in [0.1, 0.15) is 38.8 Å². The van der Waals surface area contributed by atoms with Crippen molar-refractivity contribution < 1.29 is 19.1 Å². The molecule has 6 nitrogen and oxygen atoms in total. The summed E-state index contributed by atoms with van der Waals surface area (Å²) in [5.74, 6) is -0.540. The van der Waals surface area contributed by atoms with Crippen LogP contribution in [0.2, 0.25) is 0 Å². The summed E-state index contributed by atoms with van der Waals surface area (Å²) >= 11 is 1.23. The third-order valence-electron chi connectivity index (χ3n) is 3.74. The van der Waals surface area contributed by atoms with Gasteiger partial charge in [0, 0.05) is 0 Å². The van der Waals surface area contributed by atoms with Crippen molar-refractivity contribution in [1.29, 1.82) is 5.26 Å². The van der Waals surface area contributed by atoms with Crippen LogP contribution in [0, 0.1) is 11.3 Å². The second-order valence-electron chi connectivity index (χ2n) is 6.93. The molecule has 0 bridgehead atoms. The molecule has 0 aliphatic carbocycles. The number of thiophene rings is 1. The third-order valence-corrected chi connectivity index (χ3v) is 4.57. The van der Waals surface area contributed by atoms with Gasteiger partial charge in [-0.15, -0.1) is 11.3 Å². The Morgan fingerprint density at radius 2 is 1.96 bits per heavy atom. The molecule has 1 atom stereocenters. The third kappa shape index (κ3) is 5.56. The van der Waals surface area contributed by atoms with Gasteiger partial charge in [-0.05, 0) is 35.4 Å². The Kier molecular flexibility index (Phi) is 6.59. The van der Waals surface area contributed by atoms with Crippen molar-refractivity contribution in [2.45, 2.75) is 39.2 Å². The number of hydrogen-bond donors (Lipinski definition) is 1. The predicted molar refractivity (Wildman–Crippen MR) is 104 cm³/mol. The largest absolute Gasteiger partial charge is 0.482 e. The Labute approximate surface area is 162 Å². The average molecular weight is 386 g/mol. The lowest BCUT2D eigenvalue weighted by atomic mass is 9.86. The van der Waals surface area contributed by atoms with Gasteiger partial charge in [-0.1, -0.05) is 39.0 Å². The fourth-order valence-electron chi connectivity index (χ4n) is 2.34. The molecule has 0 spiro atoms. The number of esters is 1. The fraction of sp³-hybridized carbons (Fsp3) is 0.350. The van der Waals surface area contributed by atoms with Crippen LogP contribution < -0.4 is 10.1 Å². The van der Waals surface area contributed by atoms with Crippen molar-refractivity contribution in [2.24, 2.45) is 0 Å². The Morgan fingerprint density at radius 3 is 2.63 bits per heavy atom. The van der Waals surface area contributed by atoms with Gasteiger partial charge in [0.05, 0.1) is 5.56 Å². The number of nitrogens with zero attached hydrogens (tertiary/aromatic N) is 1. The van der Waals surface area contributed by atoms with Gasteiger partial charge in [-0.3, -0.25) is 4.79 Å². The highest BCUT2D eigenvalue weighted by Gasteiger charge is 2.22. The number of anilines is 1. The summed E-state index contributed by atoms with van der Waals surface area (Å²) in [6.07, 6.45) is -1.01. The Balaban J connectivity index is 1.91. The topological polar surface area (TPSA) is 88.4 Å². The van der Waals surface area contributed by atoms with E-state index in [0.717, 1.165) is 5.56 Å². The zero-order chi connectivity index (χ0) is 20.0. The first-order chi connectivity index (χ1) is 12.7. The summed E-state index contributed by atoms with van der Waals surface area (Å²) in [4.78, 5) is 24.2. The maximum Gasteiger partial charge on any atom is 0.344 e. The van der Waals surface area contributed by atoms with E-state index in [1.165, 1.54) is 18.3 Å². The lowest BCUT2D eigenvalue weighted by Crippen LogP contribution is -2.31. The molecule has 142 valence electrons. The second kappa shape index (κ2) is 8.69. The number of amides is 1. The van der Waals surface area contributed by atoms with E-state index in [1.807, 2.05) is 24.3 Å². The van der Waals surface area contributed by atoms with E-state index in [4.69, 9.17) is 14.7 Å². The molecule has 7 heteroatoms. The average Bonchev–Trinajstić information content (AvgIpc) is 3.06. The summed E-state index contributed by atoms with van der Waals surface area (Å²) in [5.41, 5.74) is 1.21. The molecule has 0 saturated carbocycles. The minimum absolute atomic E-state index is 0.132. The highest BCUT2D eigenvalue weighted by atomic mass is 32.1. The Morgan fingerprint density at radius 1 is 1.26 bits per heavy atom.